The molecule has 15 heavy (non-hydrogen) atoms. The number of nitrogens with one attached hydrogen (secondary N) is 1. The lowest BCUT2D eigenvalue weighted by Crippen LogP contribution is -2.03. The molecule has 0 unspecified atom stereocenters. The van der Waals surface area contributed by atoms with Crippen molar-refractivity contribution >= 4 is 17.4 Å². The second kappa shape index (κ2) is 6.05. The highest BCUT2D eigenvalue weighted by Gasteiger charge is 2.05. The number of pyridine rings is 1. The summed E-state index contributed by atoms with van der Waals surface area (Å²) in [4.78, 5) is 4.07. The lowest BCUT2D eigenvalue weighted by Gasteiger charge is -2.06. The molecule has 1 aromatic heterocycles. The van der Waals surface area contributed by atoms with E-state index in [-0.39, 0.29) is 0 Å². The number of nitrogens with zero attached hydrogens (tertiary/aromatic N) is 2. The summed E-state index contributed by atoms with van der Waals surface area (Å²) in [5, 5.41) is 12.2. The average Bonchev–Trinajstić information content (AvgIpc) is 2.26. The molecule has 0 fully saturated rings. The standard InChI is InChI=1S/C11H12ClN3/c1-2-3-4-6-14-11-10(12)9(8-13)5-7-15-11/h2-3,5,7H,4,6H2,1H3,(H,14,15)/b3-2+. The van der Waals surface area contributed by atoms with Gasteiger partial charge < -0.3 is 5.32 Å². The maximum absolute atomic E-state index is 8.75. The number of hydrogen-bond acceptors (Lipinski definition) is 3. The molecular weight excluding hydrogens is 210 g/mol. The SMILES string of the molecule is C/C=C/CCNc1nccc(C#N)c1Cl. The molecule has 0 saturated heterocycles. The van der Waals surface area contributed by atoms with Crippen molar-refractivity contribution in [3.8, 4) is 6.07 Å². The van der Waals surface area contributed by atoms with Crippen LogP contribution in [0.1, 0.15) is 18.9 Å². The Balaban J connectivity index is 2.66. The number of hydrogen-bond donors (Lipinski definition) is 1. The van der Waals surface area contributed by atoms with E-state index in [0.717, 1.165) is 13.0 Å². The van der Waals surface area contributed by atoms with E-state index < -0.39 is 0 Å². The molecular formula is C11H12ClN3. The van der Waals surface area contributed by atoms with Gasteiger partial charge in [0.2, 0.25) is 0 Å². The molecule has 0 aliphatic heterocycles. The van der Waals surface area contributed by atoms with Crippen molar-refractivity contribution in [1.82, 2.24) is 4.98 Å². The maximum atomic E-state index is 8.75. The van der Waals surface area contributed by atoms with Crippen molar-refractivity contribution in [2.45, 2.75) is 13.3 Å². The van der Waals surface area contributed by atoms with E-state index in [0.29, 0.717) is 16.4 Å². The van der Waals surface area contributed by atoms with Crippen molar-refractivity contribution in [3.05, 3.63) is 35.0 Å². The third-order valence-electron chi connectivity index (χ3n) is 1.85. The van der Waals surface area contributed by atoms with Crippen LogP contribution in [0.15, 0.2) is 24.4 Å². The summed E-state index contributed by atoms with van der Waals surface area (Å²) in [6.45, 7) is 2.73. The lowest BCUT2D eigenvalue weighted by molar-refractivity contribution is 1.04. The lowest BCUT2D eigenvalue weighted by atomic mass is 10.3. The highest BCUT2D eigenvalue weighted by molar-refractivity contribution is 6.34. The van der Waals surface area contributed by atoms with Crippen molar-refractivity contribution in [2.24, 2.45) is 0 Å². The predicted octanol–water partition coefficient (Wildman–Crippen LogP) is 2.98. The smallest absolute Gasteiger partial charge is 0.146 e. The monoisotopic (exact) mass is 221 g/mol. The number of allylic oxidation sites excluding steroid dienone is 1. The summed E-state index contributed by atoms with van der Waals surface area (Å²) in [5.41, 5.74) is 0.445. The molecule has 0 aromatic carbocycles. The van der Waals surface area contributed by atoms with Gasteiger partial charge in [-0.05, 0) is 19.4 Å². The van der Waals surface area contributed by atoms with Gasteiger partial charge >= 0.3 is 0 Å². The van der Waals surface area contributed by atoms with Gasteiger partial charge in [-0.1, -0.05) is 23.8 Å². The molecule has 3 nitrogen and oxygen atoms in total. The minimum Gasteiger partial charge on any atom is -0.368 e. The van der Waals surface area contributed by atoms with Crippen molar-refractivity contribution in [2.75, 3.05) is 11.9 Å². The molecule has 0 aliphatic carbocycles. The molecule has 0 radical (unpaired) electrons. The number of rotatable bonds is 4. The minimum absolute atomic E-state index is 0.389. The van der Waals surface area contributed by atoms with E-state index in [2.05, 4.69) is 16.4 Å². The van der Waals surface area contributed by atoms with Crippen molar-refractivity contribution in [1.29, 1.82) is 5.26 Å². The molecule has 1 N–H and O–H groups in total. The van der Waals surface area contributed by atoms with Crippen molar-refractivity contribution < 1.29 is 0 Å². The molecule has 0 atom stereocenters. The van der Waals surface area contributed by atoms with E-state index >= 15 is 0 Å². The van der Waals surface area contributed by atoms with Crippen LogP contribution >= 0.6 is 11.6 Å². The summed E-state index contributed by atoms with van der Waals surface area (Å²) in [6, 6.07) is 3.61. The summed E-state index contributed by atoms with van der Waals surface area (Å²) < 4.78 is 0. The summed E-state index contributed by atoms with van der Waals surface area (Å²) >= 11 is 5.96. The molecule has 1 rings (SSSR count). The maximum Gasteiger partial charge on any atom is 0.146 e. The summed E-state index contributed by atoms with van der Waals surface area (Å²) in [6.07, 6.45) is 6.52. The molecule has 1 heterocycles. The van der Waals surface area contributed by atoms with E-state index in [1.54, 1.807) is 12.3 Å². The van der Waals surface area contributed by atoms with E-state index in [1.165, 1.54) is 0 Å². The minimum atomic E-state index is 0.389. The fraction of sp³-hybridized carbons (Fsp3) is 0.273. The Morgan fingerprint density at radius 3 is 3.13 bits per heavy atom. The first kappa shape index (κ1) is 11.5. The van der Waals surface area contributed by atoms with Gasteiger partial charge in [-0.2, -0.15) is 5.26 Å². The van der Waals surface area contributed by atoms with Crippen LogP contribution in [0.5, 0.6) is 0 Å². The van der Waals surface area contributed by atoms with Gasteiger partial charge in [-0.15, -0.1) is 0 Å². The molecule has 4 heteroatoms. The van der Waals surface area contributed by atoms with E-state index in [9.17, 15) is 0 Å². The largest absolute Gasteiger partial charge is 0.368 e. The van der Waals surface area contributed by atoms with Crippen LogP contribution in [0.4, 0.5) is 5.82 Å². The van der Waals surface area contributed by atoms with E-state index in [1.807, 2.05) is 19.1 Å². The fourth-order valence-corrected chi connectivity index (χ4v) is 1.31. The van der Waals surface area contributed by atoms with Gasteiger partial charge in [0.25, 0.3) is 0 Å². The second-order valence-corrected chi connectivity index (χ2v) is 3.30. The Hall–Kier alpha value is -1.53. The third-order valence-corrected chi connectivity index (χ3v) is 2.23. The first-order valence-corrected chi connectivity index (χ1v) is 5.07. The molecule has 78 valence electrons. The molecule has 0 saturated carbocycles. The van der Waals surface area contributed by atoms with Crippen LogP contribution in [0.2, 0.25) is 5.02 Å². The fourth-order valence-electron chi connectivity index (χ4n) is 1.09. The van der Waals surface area contributed by atoms with E-state index in [4.69, 9.17) is 16.9 Å². The van der Waals surface area contributed by atoms with Gasteiger partial charge in [-0.3, -0.25) is 0 Å². The third kappa shape index (κ3) is 3.26. The van der Waals surface area contributed by atoms with Crippen LogP contribution in [0, 0.1) is 11.3 Å². The molecule has 0 aliphatic rings. The van der Waals surface area contributed by atoms with Gasteiger partial charge in [-0.25, -0.2) is 4.98 Å². The van der Waals surface area contributed by atoms with Gasteiger partial charge in [0.15, 0.2) is 0 Å². The highest BCUT2D eigenvalue weighted by atomic mass is 35.5. The van der Waals surface area contributed by atoms with Crippen LogP contribution in [0.25, 0.3) is 0 Å². The van der Waals surface area contributed by atoms with Crippen LogP contribution in [-0.2, 0) is 0 Å². The van der Waals surface area contributed by atoms with Crippen LogP contribution in [-0.4, -0.2) is 11.5 Å². The normalized spacial score (nSPS) is 10.2. The Kier molecular flexibility index (Phi) is 4.65. The average molecular weight is 222 g/mol. The Morgan fingerprint density at radius 1 is 1.67 bits per heavy atom. The van der Waals surface area contributed by atoms with Crippen LogP contribution in [0.3, 0.4) is 0 Å². The summed E-state index contributed by atoms with van der Waals surface area (Å²) in [5.74, 6) is 0.570. The Morgan fingerprint density at radius 2 is 2.47 bits per heavy atom. The highest BCUT2D eigenvalue weighted by Crippen LogP contribution is 2.22. The number of aromatic nitrogens is 1. The van der Waals surface area contributed by atoms with Crippen LogP contribution < -0.4 is 5.32 Å². The quantitative estimate of drug-likeness (QED) is 0.628. The molecule has 0 amide bonds. The first-order valence-electron chi connectivity index (χ1n) is 4.69. The molecule has 0 bridgehead atoms. The second-order valence-electron chi connectivity index (χ2n) is 2.92. The Labute approximate surface area is 94.4 Å². The predicted molar refractivity (Wildman–Crippen MR) is 61.9 cm³/mol. The first-order chi connectivity index (χ1) is 7.29. The van der Waals surface area contributed by atoms with Gasteiger partial charge in [0.1, 0.15) is 16.9 Å². The van der Waals surface area contributed by atoms with Gasteiger partial charge in [0.05, 0.1) is 5.56 Å². The number of anilines is 1. The van der Waals surface area contributed by atoms with Crippen molar-refractivity contribution in [3.63, 3.8) is 0 Å². The number of halogens is 1. The zero-order valence-corrected chi connectivity index (χ0v) is 9.25. The summed E-state index contributed by atoms with van der Waals surface area (Å²) in [7, 11) is 0. The molecule has 0 spiro atoms. The number of nitriles is 1. The Bertz CT molecular complexity index is 393. The zero-order valence-electron chi connectivity index (χ0n) is 8.50. The van der Waals surface area contributed by atoms with Gasteiger partial charge in [0, 0.05) is 12.7 Å². The topological polar surface area (TPSA) is 48.7 Å². The zero-order chi connectivity index (χ0) is 11.1. The molecule has 1 aromatic rings.